The number of unbranched alkanes of at least 4 members (excludes halogenated alkanes) is 3. The van der Waals surface area contributed by atoms with Crippen LogP contribution in [-0.4, -0.2) is 31.9 Å². The molecule has 3 unspecified atom stereocenters. The molecule has 0 N–H and O–H groups in total. The summed E-state index contributed by atoms with van der Waals surface area (Å²) in [5.74, 6) is 3.02. The first-order valence-corrected chi connectivity index (χ1v) is 16.3. The summed E-state index contributed by atoms with van der Waals surface area (Å²) >= 11 is 0. The predicted octanol–water partition coefficient (Wildman–Crippen LogP) is 11.0. The van der Waals surface area contributed by atoms with Crippen molar-refractivity contribution in [2.24, 2.45) is 17.8 Å². The van der Waals surface area contributed by atoms with Gasteiger partial charge in [0.1, 0.15) is 0 Å². The molecule has 0 saturated heterocycles. The van der Waals surface area contributed by atoms with Gasteiger partial charge in [0.2, 0.25) is 0 Å². The Kier molecular flexibility index (Phi) is 22.1. The fourth-order valence-electron chi connectivity index (χ4n) is 5.01. The Bertz CT molecular complexity index is 352. The lowest BCUT2D eigenvalue weighted by Gasteiger charge is -2.35. The minimum absolute atomic E-state index is 0.816. The van der Waals surface area contributed by atoms with Crippen LogP contribution in [-0.2, 0) is 0 Å². The third kappa shape index (κ3) is 19.7. The van der Waals surface area contributed by atoms with Crippen molar-refractivity contribution >= 4 is 14.5 Å². The van der Waals surface area contributed by atoms with Crippen molar-refractivity contribution in [3.63, 3.8) is 0 Å². The van der Waals surface area contributed by atoms with Gasteiger partial charge < -0.3 is 17.3 Å². The van der Waals surface area contributed by atoms with Gasteiger partial charge in [-0.2, -0.15) is 0 Å². The molecule has 0 aromatic heterocycles. The van der Waals surface area contributed by atoms with Gasteiger partial charge in [0.05, 0.1) is 24.6 Å². The average molecular weight is 487 g/mol. The maximum absolute atomic E-state index is 9.75. The molecule has 0 rings (SSSR count). The quantitative estimate of drug-likeness (QED) is 0.0967. The smallest absolute Gasteiger partial charge is 0.418 e. The van der Waals surface area contributed by atoms with Crippen molar-refractivity contribution in [2.75, 3.05) is 24.6 Å². The maximum Gasteiger partial charge on any atom is 0.673 e. The summed E-state index contributed by atoms with van der Waals surface area (Å²) in [6, 6.07) is 0. The lowest BCUT2D eigenvalue weighted by Crippen LogP contribution is -2.24. The second-order valence-corrected chi connectivity index (χ2v) is 14.4. The highest BCUT2D eigenvalue weighted by molar-refractivity contribution is 7.75. The summed E-state index contributed by atoms with van der Waals surface area (Å²) in [6.45, 7) is 17.1. The zero-order chi connectivity index (χ0) is 25.0. The summed E-state index contributed by atoms with van der Waals surface area (Å²) in [5, 5.41) is 0. The second-order valence-electron chi connectivity index (χ2n) is 9.95. The molecule has 0 aliphatic carbocycles. The Balaban J connectivity index is 0. The summed E-state index contributed by atoms with van der Waals surface area (Å²) in [5.41, 5.74) is 0. The molecule has 196 valence electrons. The number of hydrogen-bond acceptors (Lipinski definition) is 0. The van der Waals surface area contributed by atoms with Gasteiger partial charge in [0.15, 0.2) is 0 Å². The molecule has 6 heteroatoms. The Morgan fingerprint density at radius 1 is 0.531 bits per heavy atom. The van der Waals surface area contributed by atoms with Crippen LogP contribution in [0.5, 0.6) is 0 Å². The van der Waals surface area contributed by atoms with E-state index in [1.54, 1.807) is 18.5 Å². The zero-order valence-corrected chi connectivity index (χ0v) is 23.5. The van der Waals surface area contributed by atoms with Crippen LogP contribution < -0.4 is 0 Å². The van der Waals surface area contributed by atoms with Gasteiger partial charge in [-0.1, -0.05) is 80.1 Å². The lowest BCUT2D eigenvalue weighted by molar-refractivity contribution is 0.368. The lowest BCUT2D eigenvalue weighted by atomic mass is 10.0. The first-order chi connectivity index (χ1) is 15.0. The van der Waals surface area contributed by atoms with Crippen molar-refractivity contribution < 1.29 is 17.3 Å². The first-order valence-electron chi connectivity index (χ1n) is 13.8. The third-order valence-electron chi connectivity index (χ3n) is 7.24. The Hall–Kier alpha value is 0.215. The molecule has 0 saturated carbocycles. The molecule has 32 heavy (non-hydrogen) atoms. The van der Waals surface area contributed by atoms with Crippen LogP contribution in [0.3, 0.4) is 0 Å². The van der Waals surface area contributed by atoms with E-state index in [2.05, 4.69) is 48.5 Å². The summed E-state index contributed by atoms with van der Waals surface area (Å²) in [7, 11) is -6.82. The van der Waals surface area contributed by atoms with Crippen molar-refractivity contribution in [3.8, 4) is 0 Å². The van der Waals surface area contributed by atoms with E-state index >= 15 is 0 Å². The van der Waals surface area contributed by atoms with E-state index in [0.29, 0.717) is 0 Å². The first kappa shape index (κ1) is 34.4. The molecule has 0 bridgehead atoms. The Morgan fingerprint density at radius 2 is 0.781 bits per heavy atom. The van der Waals surface area contributed by atoms with Gasteiger partial charge >= 0.3 is 7.25 Å². The Morgan fingerprint density at radius 3 is 0.938 bits per heavy atom. The van der Waals surface area contributed by atoms with E-state index in [1.165, 1.54) is 83.2 Å². The van der Waals surface area contributed by atoms with Crippen LogP contribution in [0.4, 0.5) is 17.3 Å². The van der Waals surface area contributed by atoms with Gasteiger partial charge in [0, 0.05) is 7.26 Å². The Labute approximate surface area is 199 Å². The largest absolute Gasteiger partial charge is 0.673 e. The van der Waals surface area contributed by atoms with Gasteiger partial charge in [-0.15, -0.1) is 0 Å². The van der Waals surface area contributed by atoms with Crippen molar-refractivity contribution in [2.45, 2.75) is 126 Å². The molecule has 0 aliphatic rings. The highest BCUT2D eigenvalue weighted by atomic mass is 31.2. The molecular formula is C26H56BF4P. The molecule has 0 nitrogen and oxygen atoms in total. The fraction of sp³-hybridized carbons (Fsp3) is 1.00. The van der Waals surface area contributed by atoms with E-state index < -0.39 is 14.5 Å². The number of hydrogen-bond donors (Lipinski definition) is 0. The van der Waals surface area contributed by atoms with Crippen molar-refractivity contribution in [1.82, 2.24) is 0 Å². The molecule has 0 amide bonds. The topological polar surface area (TPSA) is 0 Å². The highest BCUT2D eigenvalue weighted by Crippen LogP contribution is 2.63. The van der Waals surface area contributed by atoms with Gasteiger partial charge in [-0.25, -0.2) is 0 Å². The summed E-state index contributed by atoms with van der Waals surface area (Å²) < 4.78 is 39.0. The van der Waals surface area contributed by atoms with Crippen molar-refractivity contribution in [1.29, 1.82) is 0 Å². The maximum atomic E-state index is 9.75. The molecule has 0 radical (unpaired) electrons. The van der Waals surface area contributed by atoms with E-state index in [0.717, 1.165) is 17.8 Å². The van der Waals surface area contributed by atoms with E-state index in [9.17, 15) is 17.3 Å². The van der Waals surface area contributed by atoms with Crippen LogP contribution in [0.15, 0.2) is 0 Å². The van der Waals surface area contributed by atoms with Gasteiger partial charge in [0.25, 0.3) is 0 Å². The molecule has 0 aromatic rings. The summed E-state index contributed by atoms with van der Waals surface area (Å²) in [4.78, 5) is 0. The molecule has 0 aromatic carbocycles. The molecule has 3 atom stereocenters. The average Bonchev–Trinajstić information content (AvgIpc) is 2.75. The fourth-order valence-corrected chi connectivity index (χ4v) is 10.8. The second kappa shape index (κ2) is 20.6. The SMILES string of the molecule is CCCCC(CC)C[P+](CC)(CC(CC)CCCC)CC(CC)CCCC.F[B-](F)(F)F. The molecule has 0 aliphatic heterocycles. The third-order valence-corrected chi connectivity index (χ3v) is 12.5. The van der Waals surface area contributed by atoms with Crippen LogP contribution >= 0.6 is 7.26 Å². The normalized spacial score (nSPS) is 16.6. The monoisotopic (exact) mass is 486 g/mol. The van der Waals surface area contributed by atoms with Crippen LogP contribution in [0.2, 0.25) is 0 Å². The molecule has 0 spiro atoms. The van der Waals surface area contributed by atoms with Crippen LogP contribution in [0.25, 0.3) is 0 Å². The molecule has 0 heterocycles. The van der Waals surface area contributed by atoms with Gasteiger partial charge in [-0.3, -0.25) is 0 Å². The standard InChI is InChI=1S/C26H56P.BF4/c1-8-15-18-24(11-4)21-27(14-7,22-25(12-5)19-16-9-2)23-26(13-6)20-17-10-3;2-1(3,4)5/h24-26H,8-23H2,1-7H3;/q+1;-1. The van der Waals surface area contributed by atoms with E-state index in [-0.39, 0.29) is 0 Å². The summed E-state index contributed by atoms with van der Waals surface area (Å²) in [6.07, 6.45) is 23.5. The van der Waals surface area contributed by atoms with E-state index in [1.807, 2.05) is 0 Å². The van der Waals surface area contributed by atoms with Gasteiger partial charge in [-0.05, 0) is 63.2 Å². The van der Waals surface area contributed by atoms with Crippen LogP contribution in [0.1, 0.15) is 126 Å². The zero-order valence-electron chi connectivity index (χ0n) is 22.6. The minimum atomic E-state index is -6.00. The predicted molar refractivity (Wildman–Crippen MR) is 142 cm³/mol. The molecular weight excluding hydrogens is 430 g/mol. The molecule has 0 fully saturated rings. The minimum Gasteiger partial charge on any atom is -0.418 e. The number of halogens is 4. The highest BCUT2D eigenvalue weighted by Gasteiger charge is 2.41. The number of rotatable bonds is 19. The van der Waals surface area contributed by atoms with Crippen LogP contribution in [0, 0.1) is 17.8 Å². The van der Waals surface area contributed by atoms with Crippen molar-refractivity contribution in [3.05, 3.63) is 0 Å². The van der Waals surface area contributed by atoms with E-state index in [4.69, 9.17) is 0 Å².